The van der Waals surface area contributed by atoms with E-state index in [9.17, 15) is 14.0 Å². The van der Waals surface area contributed by atoms with Crippen LogP contribution < -0.4 is 10.7 Å². The number of hydrogen-bond acceptors (Lipinski definition) is 4. The molecule has 0 fully saturated rings. The molecule has 1 amide bonds. The Labute approximate surface area is 146 Å². The first-order valence-corrected chi connectivity index (χ1v) is 7.93. The molecule has 0 saturated heterocycles. The predicted octanol–water partition coefficient (Wildman–Crippen LogP) is 1.66. The molecule has 132 valence electrons. The number of halogens is 1. The van der Waals surface area contributed by atoms with Gasteiger partial charge < -0.3 is 10.1 Å². The summed E-state index contributed by atoms with van der Waals surface area (Å²) in [6.45, 7) is 1.26. The molecule has 0 spiro atoms. The fourth-order valence-electron chi connectivity index (χ4n) is 1.83. The Kier molecular flexibility index (Phi) is 8.88. The molecule has 0 saturated carbocycles. The van der Waals surface area contributed by atoms with Crippen molar-refractivity contribution >= 4 is 29.0 Å². The molecule has 0 radical (unpaired) electrons. The third-order valence-electron chi connectivity index (χ3n) is 3.14. The van der Waals surface area contributed by atoms with Crippen molar-refractivity contribution in [2.45, 2.75) is 19.3 Å². The van der Waals surface area contributed by atoms with Gasteiger partial charge in [0.15, 0.2) is 10.9 Å². The second-order valence-electron chi connectivity index (χ2n) is 5.10. The second kappa shape index (κ2) is 10.7. The van der Waals surface area contributed by atoms with E-state index >= 15 is 0 Å². The third-order valence-corrected chi connectivity index (χ3v) is 3.56. The average molecular weight is 355 g/mol. The van der Waals surface area contributed by atoms with E-state index in [1.54, 1.807) is 14.2 Å². The molecule has 0 bridgehead atoms. The van der Waals surface area contributed by atoms with Crippen molar-refractivity contribution in [1.29, 1.82) is 0 Å². The quantitative estimate of drug-likeness (QED) is 0.320. The molecule has 0 heterocycles. The van der Waals surface area contributed by atoms with Crippen molar-refractivity contribution in [3.8, 4) is 0 Å². The van der Waals surface area contributed by atoms with Gasteiger partial charge in [0.05, 0.1) is 0 Å². The number of Topliss-reactive ketones (excluding diaryl/α,β-unsaturated/α-hetero) is 1. The molecule has 0 aromatic heterocycles. The van der Waals surface area contributed by atoms with Gasteiger partial charge in [-0.3, -0.25) is 20.0 Å². The zero-order chi connectivity index (χ0) is 17.9. The standard InChI is InChI=1S/C16H22FN3O3S/c1-20(16(24)18-10-3-11-23-2)19-15(22)9-8-14(21)12-4-6-13(17)7-5-12/h4-7H,3,8-11H2,1-2H3,(H,18,24)(H,19,22). The molecule has 0 unspecified atom stereocenters. The van der Waals surface area contributed by atoms with E-state index in [2.05, 4.69) is 10.7 Å². The van der Waals surface area contributed by atoms with Crippen LogP contribution >= 0.6 is 12.2 Å². The fraction of sp³-hybridized carbons (Fsp3) is 0.438. The topological polar surface area (TPSA) is 70.7 Å². The van der Waals surface area contributed by atoms with E-state index in [4.69, 9.17) is 17.0 Å². The molecule has 1 aromatic carbocycles. The van der Waals surface area contributed by atoms with Crippen LogP contribution in [0.3, 0.4) is 0 Å². The Bertz CT molecular complexity index is 566. The van der Waals surface area contributed by atoms with E-state index in [-0.39, 0.29) is 24.5 Å². The summed E-state index contributed by atoms with van der Waals surface area (Å²) in [5.41, 5.74) is 2.97. The molecule has 0 aliphatic heterocycles. The average Bonchev–Trinajstić information content (AvgIpc) is 2.57. The molecule has 1 rings (SSSR count). The number of hydrogen-bond donors (Lipinski definition) is 2. The summed E-state index contributed by atoms with van der Waals surface area (Å²) >= 11 is 5.13. The van der Waals surface area contributed by atoms with Gasteiger partial charge in [0.2, 0.25) is 5.91 Å². The first-order chi connectivity index (χ1) is 11.4. The van der Waals surface area contributed by atoms with Gasteiger partial charge >= 0.3 is 0 Å². The van der Waals surface area contributed by atoms with Gasteiger partial charge in [-0.25, -0.2) is 4.39 Å². The van der Waals surface area contributed by atoms with Crippen LogP contribution in [0.1, 0.15) is 29.6 Å². The van der Waals surface area contributed by atoms with Crippen molar-refractivity contribution < 1.29 is 18.7 Å². The number of nitrogens with zero attached hydrogens (tertiary/aromatic N) is 1. The van der Waals surface area contributed by atoms with Crippen molar-refractivity contribution in [3.63, 3.8) is 0 Å². The number of carbonyl (C=O) groups is 2. The first-order valence-electron chi connectivity index (χ1n) is 7.52. The number of methoxy groups -OCH3 is 1. The normalized spacial score (nSPS) is 10.1. The van der Waals surface area contributed by atoms with Crippen LogP contribution in [0.4, 0.5) is 4.39 Å². The van der Waals surface area contributed by atoms with Gasteiger partial charge in [0.1, 0.15) is 5.82 Å². The Morgan fingerprint density at radius 1 is 1.25 bits per heavy atom. The number of hydrazine groups is 1. The van der Waals surface area contributed by atoms with E-state index in [0.717, 1.165) is 6.42 Å². The molecule has 0 atom stereocenters. The lowest BCUT2D eigenvalue weighted by Gasteiger charge is -2.21. The smallest absolute Gasteiger partial charge is 0.239 e. The molecular formula is C16H22FN3O3S. The lowest BCUT2D eigenvalue weighted by atomic mass is 10.1. The number of thiocarbonyl (C=S) groups is 1. The van der Waals surface area contributed by atoms with Crippen LogP contribution in [-0.2, 0) is 9.53 Å². The summed E-state index contributed by atoms with van der Waals surface area (Å²) in [4.78, 5) is 23.8. The summed E-state index contributed by atoms with van der Waals surface area (Å²) in [7, 11) is 3.24. The molecule has 0 aliphatic carbocycles. The maximum atomic E-state index is 12.8. The Morgan fingerprint density at radius 2 is 1.92 bits per heavy atom. The highest BCUT2D eigenvalue weighted by Gasteiger charge is 2.12. The number of carbonyl (C=O) groups excluding carboxylic acids is 2. The van der Waals surface area contributed by atoms with Crippen molar-refractivity contribution in [1.82, 2.24) is 15.8 Å². The lowest BCUT2D eigenvalue weighted by molar-refractivity contribution is -0.123. The summed E-state index contributed by atoms with van der Waals surface area (Å²) in [5.74, 6) is -0.945. The summed E-state index contributed by atoms with van der Waals surface area (Å²) in [6, 6.07) is 5.24. The van der Waals surface area contributed by atoms with E-state index in [0.29, 0.717) is 23.8 Å². The van der Waals surface area contributed by atoms with E-state index in [1.165, 1.54) is 29.3 Å². The molecule has 6 nitrogen and oxygen atoms in total. The molecular weight excluding hydrogens is 333 g/mol. The van der Waals surface area contributed by atoms with Gasteiger partial charge in [-0.05, 0) is 42.9 Å². The third kappa shape index (κ3) is 7.47. The summed E-state index contributed by atoms with van der Waals surface area (Å²) < 4.78 is 17.7. The molecule has 24 heavy (non-hydrogen) atoms. The van der Waals surface area contributed by atoms with Gasteiger partial charge in [0.25, 0.3) is 0 Å². The van der Waals surface area contributed by atoms with Crippen molar-refractivity contribution in [2.75, 3.05) is 27.3 Å². The Hall–Kier alpha value is -2.06. The minimum absolute atomic E-state index is 0.0207. The van der Waals surface area contributed by atoms with E-state index < -0.39 is 5.82 Å². The summed E-state index contributed by atoms with van der Waals surface area (Å²) in [5, 5.41) is 4.75. The Balaban J connectivity index is 2.30. The highest BCUT2D eigenvalue weighted by molar-refractivity contribution is 7.80. The van der Waals surface area contributed by atoms with Crippen LogP contribution in [0.5, 0.6) is 0 Å². The zero-order valence-corrected chi connectivity index (χ0v) is 14.6. The number of ketones is 1. The lowest BCUT2D eigenvalue weighted by Crippen LogP contribution is -2.48. The fourth-order valence-corrected chi connectivity index (χ4v) is 1.98. The molecule has 1 aromatic rings. The molecule has 2 N–H and O–H groups in total. The maximum absolute atomic E-state index is 12.8. The van der Waals surface area contributed by atoms with Crippen molar-refractivity contribution in [3.05, 3.63) is 35.6 Å². The van der Waals surface area contributed by atoms with Crippen molar-refractivity contribution in [2.24, 2.45) is 0 Å². The van der Waals surface area contributed by atoms with Gasteiger partial charge in [-0.2, -0.15) is 0 Å². The zero-order valence-electron chi connectivity index (χ0n) is 13.8. The highest BCUT2D eigenvalue weighted by atomic mass is 32.1. The number of benzene rings is 1. The van der Waals surface area contributed by atoms with Crippen LogP contribution in [0.15, 0.2) is 24.3 Å². The van der Waals surface area contributed by atoms with Gasteiger partial charge in [-0.1, -0.05) is 0 Å². The van der Waals surface area contributed by atoms with Crippen LogP contribution in [0.25, 0.3) is 0 Å². The van der Waals surface area contributed by atoms with Crippen LogP contribution in [-0.4, -0.2) is 49.1 Å². The Morgan fingerprint density at radius 3 is 2.54 bits per heavy atom. The highest BCUT2D eigenvalue weighted by Crippen LogP contribution is 2.07. The van der Waals surface area contributed by atoms with Gasteiger partial charge in [-0.15, -0.1) is 0 Å². The SMILES string of the molecule is COCCCNC(=S)N(C)NC(=O)CCC(=O)c1ccc(F)cc1. The minimum Gasteiger partial charge on any atom is -0.385 e. The summed E-state index contributed by atoms with van der Waals surface area (Å²) in [6.07, 6.45) is 0.858. The number of ether oxygens (including phenoxy) is 1. The van der Waals surface area contributed by atoms with E-state index in [1.807, 2.05) is 0 Å². The number of rotatable bonds is 8. The largest absolute Gasteiger partial charge is 0.385 e. The first kappa shape index (κ1) is 20.0. The van der Waals surface area contributed by atoms with Crippen LogP contribution in [0.2, 0.25) is 0 Å². The molecule has 0 aliphatic rings. The monoisotopic (exact) mass is 355 g/mol. The number of nitrogens with one attached hydrogen (secondary N) is 2. The maximum Gasteiger partial charge on any atom is 0.239 e. The minimum atomic E-state index is -0.405. The van der Waals surface area contributed by atoms with Gasteiger partial charge in [0, 0.05) is 45.7 Å². The molecule has 8 heteroatoms. The van der Waals surface area contributed by atoms with Crippen LogP contribution in [0, 0.1) is 5.82 Å². The second-order valence-corrected chi connectivity index (χ2v) is 5.49. The predicted molar refractivity (Wildman–Crippen MR) is 93.0 cm³/mol. The number of amides is 1.